The second kappa shape index (κ2) is 5.40. The molecule has 1 aliphatic heterocycles. The summed E-state index contributed by atoms with van der Waals surface area (Å²) in [4.78, 5) is 19.3. The molecular weight excluding hydrogens is 294 g/mol. The Kier molecular flexibility index (Phi) is 3.24. The van der Waals surface area contributed by atoms with E-state index in [0.717, 1.165) is 11.3 Å². The third-order valence-corrected chi connectivity index (χ3v) is 3.89. The number of aromatic amines is 1. The molecule has 1 amide bonds. The Labute approximate surface area is 132 Å². The Hall–Kier alpha value is -2.86. The van der Waals surface area contributed by atoms with Gasteiger partial charge in [0, 0.05) is 23.3 Å². The second-order valence-corrected chi connectivity index (χ2v) is 5.46. The van der Waals surface area contributed by atoms with E-state index in [1.54, 1.807) is 18.5 Å². The maximum Gasteiger partial charge on any atom is 0.250 e. The van der Waals surface area contributed by atoms with Crippen molar-refractivity contribution in [1.29, 1.82) is 0 Å². The lowest BCUT2D eigenvalue weighted by atomic mass is 9.99. The van der Waals surface area contributed by atoms with Crippen LogP contribution < -0.4 is 10.5 Å². The molecular formula is C17H15N3O3. The van der Waals surface area contributed by atoms with E-state index in [0.29, 0.717) is 35.4 Å². The van der Waals surface area contributed by atoms with Gasteiger partial charge >= 0.3 is 0 Å². The third-order valence-electron chi connectivity index (χ3n) is 3.89. The van der Waals surface area contributed by atoms with Crippen LogP contribution in [0.25, 0.3) is 22.2 Å². The molecule has 116 valence electrons. The van der Waals surface area contributed by atoms with E-state index in [-0.39, 0.29) is 6.10 Å². The molecule has 6 nitrogen and oxygen atoms in total. The van der Waals surface area contributed by atoms with Crippen molar-refractivity contribution in [3.63, 3.8) is 0 Å². The van der Waals surface area contributed by atoms with Crippen molar-refractivity contribution in [2.24, 2.45) is 5.73 Å². The zero-order valence-corrected chi connectivity index (χ0v) is 12.3. The Morgan fingerprint density at radius 2 is 2.22 bits per heavy atom. The van der Waals surface area contributed by atoms with Crippen molar-refractivity contribution >= 4 is 16.9 Å². The predicted octanol–water partition coefficient (Wildman–Crippen LogP) is 2.11. The molecule has 0 radical (unpaired) electrons. The van der Waals surface area contributed by atoms with Crippen LogP contribution in [0.5, 0.6) is 5.75 Å². The van der Waals surface area contributed by atoms with E-state index < -0.39 is 5.91 Å². The fraction of sp³-hybridized carbons (Fsp3) is 0.176. The van der Waals surface area contributed by atoms with Crippen LogP contribution in [0.4, 0.5) is 0 Å². The predicted molar refractivity (Wildman–Crippen MR) is 85.3 cm³/mol. The van der Waals surface area contributed by atoms with Crippen molar-refractivity contribution < 1.29 is 14.3 Å². The summed E-state index contributed by atoms with van der Waals surface area (Å²) >= 11 is 0. The van der Waals surface area contributed by atoms with Crippen LogP contribution in [0.15, 0.2) is 42.7 Å². The van der Waals surface area contributed by atoms with Crippen LogP contribution in [0.2, 0.25) is 0 Å². The lowest BCUT2D eigenvalue weighted by molar-refractivity contribution is -0.0796. The number of amides is 1. The summed E-state index contributed by atoms with van der Waals surface area (Å²) in [6.45, 7) is 1.21. The fourth-order valence-corrected chi connectivity index (χ4v) is 2.70. The molecule has 0 saturated carbocycles. The highest BCUT2D eigenvalue weighted by Crippen LogP contribution is 2.31. The van der Waals surface area contributed by atoms with Gasteiger partial charge in [-0.05, 0) is 23.8 Å². The average molecular weight is 309 g/mol. The first-order valence-electron chi connectivity index (χ1n) is 7.33. The zero-order valence-electron chi connectivity index (χ0n) is 12.3. The molecule has 0 bridgehead atoms. The van der Waals surface area contributed by atoms with Gasteiger partial charge in [0.2, 0.25) is 5.91 Å². The van der Waals surface area contributed by atoms with Crippen LogP contribution in [0, 0.1) is 0 Å². The monoisotopic (exact) mass is 309 g/mol. The summed E-state index contributed by atoms with van der Waals surface area (Å²) in [6.07, 6.45) is 3.49. The maximum atomic E-state index is 12.0. The van der Waals surface area contributed by atoms with Crippen molar-refractivity contribution in [3.05, 3.63) is 48.3 Å². The van der Waals surface area contributed by atoms with Gasteiger partial charge < -0.3 is 20.2 Å². The smallest absolute Gasteiger partial charge is 0.250 e. The molecule has 1 aliphatic rings. The van der Waals surface area contributed by atoms with E-state index in [1.165, 1.54) is 0 Å². The molecule has 2 aromatic heterocycles. The number of fused-ring (bicyclic) bond motifs is 1. The summed E-state index contributed by atoms with van der Waals surface area (Å²) in [6, 6.07) is 9.37. The Balaban J connectivity index is 1.80. The van der Waals surface area contributed by atoms with Crippen LogP contribution in [-0.4, -0.2) is 35.2 Å². The number of ether oxygens (including phenoxy) is 2. The quantitative estimate of drug-likeness (QED) is 0.772. The van der Waals surface area contributed by atoms with E-state index in [2.05, 4.69) is 9.97 Å². The molecule has 23 heavy (non-hydrogen) atoms. The van der Waals surface area contributed by atoms with Crippen LogP contribution in [0.3, 0.4) is 0 Å². The molecule has 4 rings (SSSR count). The number of hydrogen-bond acceptors (Lipinski definition) is 4. The second-order valence-electron chi connectivity index (χ2n) is 5.46. The highest BCUT2D eigenvalue weighted by molar-refractivity contribution is 6.10. The van der Waals surface area contributed by atoms with Gasteiger partial charge in [0.15, 0.2) is 0 Å². The molecule has 1 fully saturated rings. The number of hydrogen-bond donors (Lipinski definition) is 2. The number of carbonyl (C=O) groups is 1. The van der Waals surface area contributed by atoms with Gasteiger partial charge in [0.25, 0.3) is 0 Å². The van der Waals surface area contributed by atoms with Crippen molar-refractivity contribution in [2.75, 3.05) is 13.2 Å². The normalized spacial score (nSPS) is 14.6. The van der Waals surface area contributed by atoms with Gasteiger partial charge in [-0.1, -0.05) is 12.1 Å². The number of aromatic nitrogens is 2. The molecule has 0 unspecified atom stereocenters. The maximum absolute atomic E-state index is 12.0. The number of carbonyl (C=O) groups excluding carboxylic acids is 1. The highest BCUT2D eigenvalue weighted by Gasteiger charge is 2.21. The molecule has 0 atom stereocenters. The Bertz CT molecular complexity index is 884. The summed E-state index contributed by atoms with van der Waals surface area (Å²) in [7, 11) is 0. The minimum atomic E-state index is -0.481. The third kappa shape index (κ3) is 2.43. The van der Waals surface area contributed by atoms with Gasteiger partial charge in [0.1, 0.15) is 17.5 Å². The van der Waals surface area contributed by atoms with Gasteiger partial charge in [-0.25, -0.2) is 4.98 Å². The average Bonchev–Trinajstić information content (AvgIpc) is 2.98. The summed E-state index contributed by atoms with van der Waals surface area (Å²) in [5.74, 6) is 0.256. The first kappa shape index (κ1) is 13.8. The fourth-order valence-electron chi connectivity index (χ4n) is 2.70. The van der Waals surface area contributed by atoms with E-state index in [9.17, 15) is 4.79 Å². The number of rotatable bonds is 4. The Morgan fingerprint density at radius 1 is 1.35 bits per heavy atom. The SMILES string of the molecule is NC(=O)c1c(-c2cccc(OC3COC3)c2)cnc2[nH]ccc12. The molecule has 0 aliphatic carbocycles. The van der Waals surface area contributed by atoms with Gasteiger partial charge in [-0.2, -0.15) is 0 Å². The minimum Gasteiger partial charge on any atom is -0.486 e. The summed E-state index contributed by atoms with van der Waals surface area (Å²) in [5, 5.41) is 0.716. The standard InChI is InChI=1S/C17H15N3O3/c18-16(21)15-13-4-5-19-17(13)20-7-14(15)10-2-1-3-11(6-10)23-12-8-22-9-12/h1-7,12H,8-9H2,(H2,18,21)(H,19,20). The largest absolute Gasteiger partial charge is 0.486 e. The number of nitrogens with zero attached hydrogens (tertiary/aromatic N) is 1. The first-order chi connectivity index (χ1) is 11.2. The van der Waals surface area contributed by atoms with Crippen LogP contribution in [0.1, 0.15) is 10.4 Å². The lowest BCUT2D eigenvalue weighted by Crippen LogP contribution is -2.38. The number of primary amides is 1. The van der Waals surface area contributed by atoms with Crippen LogP contribution >= 0.6 is 0 Å². The van der Waals surface area contributed by atoms with Gasteiger partial charge in [-0.3, -0.25) is 4.79 Å². The molecule has 3 N–H and O–H groups in total. The number of H-pyrrole nitrogens is 1. The first-order valence-corrected chi connectivity index (χ1v) is 7.33. The topological polar surface area (TPSA) is 90.2 Å². The molecule has 3 aromatic rings. The molecule has 1 saturated heterocycles. The minimum absolute atomic E-state index is 0.0890. The number of pyridine rings is 1. The summed E-state index contributed by atoms with van der Waals surface area (Å²) < 4.78 is 10.9. The van der Waals surface area contributed by atoms with E-state index in [1.807, 2.05) is 24.3 Å². The van der Waals surface area contributed by atoms with Crippen molar-refractivity contribution in [2.45, 2.75) is 6.10 Å². The van der Waals surface area contributed by atoms with E-state index >= 15 is 0 Å². The summed E-state index contributed by atoms with van der Waals surface area (Å²) in [5.41, 5.74) is 8.23. The Morgan fingerprint density at radius 3 is 2.96 bits per heavy atom. The highest BCUT2D eigenvalue weighted by atomic mass is 16.6. The number of nitrogens with two attached hydrogens (primary N) is 1. The van der Waals surface area contributed by atoms with Gasteiger partial charge in [0.05, 0.1) is 18.8 Å². The number of nitrogens with one attached hydrogen (secondary N) is 1. The van der Waals surface area contributed by atoms with Crippen LogP contribution in [-0.2, 0) is 4.74 Å². The number of benzene rings is 1. The molecule has 6 heteroatoms. The van der Waals surface area contributed by atoms with Gasteiger partial charge in [-0.15, -0.1) is 0 Å². The molecule has 1 aromatic carbocycles. The molecule has 0 spiro atoms. The van der Waals surface area contributed by atoms with Crippen molar-refractivity contribution in [1.82, 2.24) is 9.97 Å². The lowest BCUT2D eigenvalue weighted by Gasteiger charge is -2.26. The zero-order chi connectivity index (χ0) is 15.8. The van der Waals surface area contributed by atoms with E-state index in [4.69, 9.17) is 15.2 Å². The molecule has 3 heterocycles. The van der Waals surface area contributed by atoms with Crippen molar-refractivity contribution in [3.8, 4) is 16.9 Å².